The van der Waals surface area contributed by atoms with Crippen LogP contribution < -0.4 is 5.73 Å². The van der Waals surface area contributed by atoms with E-state index in [-0.39, 0.29) is 22.6 Å². The van der Waals surface area contributed by atoms with Crippen LogP contribution in [0.3, 0.4) is 0 Å². The van der Waals surface area contributed by atoms with E-state index in [1.807, 2.05) is 0 Å². The molecular formula is C18H15F2N7O. The number of nitrogens with one attached hydrogen (secondary N) is 1. The second-order valence-electron chi connectivity index (χ2n) is 6.21. The fourth-order valence-corrected chi connectivity index (χ4v) is 3.07. The lowest BCUT2D eigenvalue weighted by Crippen LogP contribution is -2.17. The number of aromatic amines is 1. The summed E-state index contributed by atoms with van der Waals surface area (Å²) in [5, 5.41) is 10.8. The molecule has 10 heteroatoms. The average Bonchev–Trinajstić information content (AvgIpc) is 3.38. The maximum atomic E-state index is 14.9. The number of aryl methyl sites for hydroxylation is 1. The fourth-order valence-electron chi connectivity index (χ4n) is 3.07. The van der Waals surface area contributed by atoms with Gasteiger partial charge in [0.05, 0.1) is 23.8 Å². The second-order valence-corrected chi connectivity index (χ2v) is 6.21. The molecule has 4 aromatic rings. The van der Waals surface area contributed by atoms with Crippen LogP contribution in [-0.4, -0.2) is 35.4 Å². The van der Waals surface area contributed by atoms with Crippen LogP contribution in [0.1, 0.15) is 16.3 Å². The van der Waals surface area contributed by atoms with E-state index in [1.54, 1.807) is 25.5 Å². The number of hydrogen-bond donors (Lipinski definition) is 2. The summed E-state index contributed by atoms with van der Waals surface area (Å²) in [5.41, 5.74) is 7.17. The zero-order chi connectivity index (χ0) is 20.0. The third-order valence-electron chi connectivity index (χ3n) is 4.50. The number of carbonyl (C=O) groups excluding carboxylic acids is 1. The molecule has 0 aliphatic carbocycles. The van der Waals surface area contributed by atoms with Gasteiger partial charge in [0.1, 0.15) is 5.69 Å². The number of amides is 1. The molecule has 1 aromatic carbocycles. The normalized spacial score (nSPS) is 11.1. The third-order valence-corrected chi connectivity index (χ3v) is 4.50. The Bertz CT molecular complexity index is 1190. The van der Waals surface area contributed by atoms with Crippen LogP contribution in [0.4, 0.5) is 8.78 Å². The molecular weight excluding hydrogens is 368 g/mol. The van der Waals surface area contributed by atoms with Crippen molar-refractivity contribution in [2.24, 2.45) is 12.8 Å². The molecule has 0 saturated heterocycles. The summed E-state index contributed by atoms with van der Waals surface area (Å²) in [7, 11) is 1.51. The molecule has 0 atom stereocenters. The molecule has 0 radical (unpaired) electrons. The Labute approximate surface area is 157 Å². The molecule has 142 valence electrons. The summed E-state index contributed by atoms with van der Waals surface area (Å²) >= 11 is 0. The van der Waals surface area contributed by atoms with Crippen molar-refractivity contribution < 1.29 is 13.6 Å². The minimum Gasteiger partial charge on any atom is -0.363 e. The Morgan fingerprint density at radius 1 is 1.14 bits per heavy atom. The van der Waals surface area contributed by atoms with Crippen LogP contribution in [0, 0.1) is 18.6 Å². The molecule has 0 aliphatic heterocycles. The van der Waals surface area contributed by atoms with E-state index < -0.39 is 17.5 Å². The first-order chi connectivity index (χ1) is 13.4. The Morgan fingerprint density at radius 3 is 2.50 bits per heavy atom. The smallest absolute Gasteiger partial charge is 0.284 e. The van der Waals surface area contributed by atoms with E-state index in [4.69, 9.17) is 5.73 Å². The van der Waals surface area contributed by atoms with Gasteiger partial charge >= 0.3 is 0 Å². The lowest BCUT2D eigenvalue weighted by atomic mass is 10.0. The molecule has 0 fully saturated rings. The predicted molar refractivity (Wildman–Crippen MR) is 96.5 cm³/mol. The van der Waals surface area contributed by atoms with E-state index in [9.17, 15) is 13.6 Å². The van der Waals surface area contributed by atoms with Crippen LogP contribution >= 0.6 is 0 Å². The van der Waals surface area contributed by atoms with Crippen LogP contribution in [-0.2, 0) is 7.05 Å². The average molecular weight is 383 g/mol. The number of benzene rings is 1. The van der Waals surface area contributed by atoms with Gasteiger partial charge in [-0.3, -0.25) is 9.89 Å². The molecule has 0 saturated carbocycles. The molecule has 1 amide bonds. The maximum Gasteiger partial charge on any atom is 0.284 e. The minimum atomic E-state index is -1.05. The van der Waals surface area contributed by atoms with E-state index in [2.05, 4.69) is 20.3 Å². The molecule has 3 heterocycles. The van der Waals surface area contributed by atoms with Gasteiger partial charge in [-0.25, -0.2) is 18.4 Å². The van der Waals surface area contributed by atoms with Gasteiger partial charge in [0, 0.05) is 36.1 Å². The molecule has 0 bridgehead atoms. The monoisotopic (exact) mass is 383 g/mol. The highest BCUT2D eigenvalue weighted by atomic mass is 19.2. The highest BCUT2D eigenvalue weighted by Crippen LogP contribution is 2.33. The number of nitrogens with zero attached hydrogens (tertiary/aromatic N) is 5. The SMILES string of the molecule is Cc1nn(-c2cn[nH]c2)cc1-c1ccc(-c2cnc(C(N)=O)n2C)c(F)c1F. The van der Waals surface area contributed by atoms with E-state index in [0.29, 0.717) is 16.9 Å². The van der Waals surface area contributed by atoms with Crippen LogP contribution in [0.15, 0.2) is 36.9 Å². The number of halogens is 2. The number of primary amides is 1. The number of H-pyrrole nitrogens is 1. The molecule has 0 unspecified atom stereocenters. The molecule has 8 nitrogen and oxygen atoms in total. The van der Waals surface area contributed by atoms with E-state index >= 15 is 0 Å². The number of carbonyl (C=O) groups is 1. The van der Waals surface area contributed by atoms with Gasteiger partial charge in [-0.05, 0) is 13.0 Å². The first kappa shape index (κ1) is 17.6. The Balaban J connectivity index is 1.80. The number of aromatic nitrogens is 6. The van der Waals surface area contributed by atoms with Gasteiger partial charge in [0.25, 0.3) is 5.91 Å². The van der Waals surface area contributed by atoms with E-state index in [0.717, 1.165) is 0 Å². The third kappa shape index (κ3) is 2.66. The van der Waals surface area contributed by atoms with Crippen LogP contribution in [0.25, 0.3) is 28.1 Å². The van der Waals surface area contributed by atoms with Crippen LogP contribution in [0.5, 0.6) is 0 Å². The minimum absolute atomic E-state index is 0.0244. The number of hydrogen-bond acceptors (Lipinski definition) is 4. The summed E-state index contributed by atoms with van der Waals surface area (Å²) in [6, 6.07) is 2.90. The Morgan fingerprint density at radius 2 is 1.86 bits per heavy atom. The summed E-state index contributed by atoms with van der Waals surface area (Å²) in [6.07, 6.45) is 6.08. The van der Waals surface area contributed by atoms with Gasteiger partial charge < -0.3 is 10.3 Å². The lowest BCUT2D eigenvalue weighted by Gasteiger charge is -2.09. The highest BCUT2D eigenvalue weighted by molar-refractivity contribution is 5.90. The summed E-state index contributed by atoms with van der Waals surface area (Å²) < 4.78 is 32.6. The molecule has 0 spiro atoms. The largest absolute Gasteiger partial charge is 0.363 e. The Hall–Kier alpha value is -3.82. The van der Waals surface area contributed by atoms with Crippen molar-refractivity contribution in [3.63, 3.8) is 0 Å². The molecule has 28 heavy (non-hydrogen) atoms. The first-order valence-corrected chi connectivity index (χ1v) is 8.24. The zero-order valence-electron chi connectivity index (χ0n) is 14.9. The van der Waals surface area contributed by atoms with Gasteiger partial charge in [-0.2, -0.15) is 10.2 Å². The standard InChI is InChI=1S/C18H15F2N7O/c1-9-13(8-27(25-9)10-5-23-24-6-10)11-3-4-12(16(20)15(11)19)14-7-22-18(17(21)28)26(14)2/h3-8H,1-2H3,(H2,21,28)(H,23,24). The fraction of sp³-hybridized carbons (Fsp3) is 0.111. The van der Waals surface area contributed by atoms with Crippen LogP contribution in [0.2, 0.25) is 0 Å². The molecule has 4 rings (SSSR count). The zero-order valence-corrected chi connectivity index (χ0v) is 14.9. The van der Waals surface area contributed by atoms with Crippen molar-refractivity contribution >= 4 is 5.91 Å². The second kappa shape index (κ2) is 6.41. The highest BCUT2D eigenvalue weighted by Gasteiger charge is 2.22. The van der Waals surface area contributed by atoms with Gasteiger partial charge in [0.2, 0.25) is 0 Å². The quantitative estimate of drug-likeness (QED) is 0.564. The lowest BCUT2D eigenvalue weighted by molar-refractivity contribution is 0.0987. The number of imidazole rings is 1. The van der Waals surface area contributed by atoms with Crippen molar-refractivity contribution in [3.8, 4) is 28.1 Å². The predicted octanol–water partition coefficient (Wildman–Crippen LogP) is 2.35. The number of nitrogens with two attached hydrogens (primary N) is 1. The number of rotatable bonds is 4. The van der Waals surface area contributed by atoms with Crippen molar-refractivity contribution in [1.29, 1.82) is 0 Å². The van der Waals surface area contributed by atoms with Crippen molar-refractivity contribution in [2.45, 2.75) is 6.92 Å². The summed E-state index contributed by atoms with van der Waals surface area (Å²) in [5.74, 6) is -2.87. The Kier molecular flexibility index (Phi) is 4.03. The van der Waals surface area contributed by atoms with Crippen molar-refractivity contribution in [1.82, 2.24) is 29.5 Å². The van der Waals surface area contributed by atoms with Crippen molar-refractivity contribution in [2.75, 3.05) is 0 Å². The first-order valence-electron chi connectivity index (χ1n) is 8.24. The van der Waals surface area contributed by atoms with Crippen molar-refractivity contribution in [3.05, 3.63) is 60.1 Å². The van der Waals surface area contributed by atoms with Gasteiger partial charge in [-0.1, -0.05) is 6.07 Å². The van der Waals surface area contributed by atoms with E-state index in [1.165, 1.54) is 34.6 Å². The molecule has 3 aromatic heterocycles. The topological polar surface area (TPSA) is 107 Å². The summed E-state index contributed by atoms with van der Waals surface area (Å²) in [4.78, 5) is 15.2. The van der Waals surface area contributed by atoms with Gasteiger partial charge in [0.15, 0.2) is 17.5 Å². The molecule has 3 N–H and O–H groups in total. The van der Waals surface area contributed by atoms with Gasteiger partial charge in [-0.15, -0.1) is 0 Å². The maximum absolute atomic E-state index is 14.9. The molecule has 0 aliphatic rings. The summed E-state index contributed by atoms with van der Waals surface area (Å²) in [6.45, 7) is 1.71.